The molecule has 28 heavy (non-hydrogen) atoms. The van der Waals surface area contributed by atoms with Gasteiger partial charge in [-0.1, -0.05) is 29.8 Å². The lowest BCUT2D eigenvalue weighted by molar-refractivity contribution is -0.115. The number of halogens is 4. The van der Waals surface area contributed by atoms with Crippen LogP contribution in [-0.2, 0) is 20.2 Å². The van der Waals surface area contributed by atoms with E-state index < -0.39 is 37.8 Å². The molecule has 2 aromatic carbocycles. The lowest BCUT2D eigenvalue weighted by Gasteiger charge is -2.28. The van der Waals surface area contributed by atoms with Crippen LogP contribution in [-0.4, -0.2) is 26.6 Å². The summed E-state index contributed by atoms with van der Waals surface area (Å²) in [6.07, 6.45) is 0. The number of nitrogens with one attached hydrogen (secondary N) is 2. The van der Waals surface area contributed by atoms with Crippen LogP contribution >= 0.6 is 11.6 Å². The first-order valence-electron chi connectivity index (χ1n) is 8.06. The Labute approximate surface area is 165 Å². The normalized spacial score (nSPS) is 12.2. The van der Waals surface area contributed by atoms with E-state index in [1.165, 1.54) is 30.3 Å². The predicted octanol–water partition coefficient (Wildman–Crippen LogP) is 3.94. The Kier molecular flexibility index (Phi) is 6.74. The molecule has 0 spiro atoms. The van der Waals surface area contributed by atoms with Gasteiger partial charge in [0.2, 0.25) is 15.7 Å². The molecule has 2 N–H and O–H groups in total. The van der Waals surface area contributed by atoms with Crippen molar-refractivity contribution >= 4 is 33.0 Å². The molecule has 5 nitrogen and oxygen atoms in total. The first-order valence-corrected chi connectivity index (χ1v) is 9.99. The van der Waals surface area contributed by atoms with E-state index >= 15 is 0 Å². The Morgan fingerprint density at radius 1 is 1.18 bits per heavy atom. The van der Waals surface area contributed by atoms with Gasteiger partial charge < -0.3 is 5.32 Å². The Morgan fingerprint density at radius 2 is 1.82 bits per heavy atom. The zero-order valence-electron chi connectivity index (χ0n) is 15.0. The van der Waals surface area contributed by atoms with Crippen molar-refractivity contribution in [2.24, 2.45) is 0 Å². The summed E-state index contributed by atoms with van der Waals surface area (Å²) in [5.41, 5.74) is -0.521. The fourth-order valence-electron chi connectivity index (χ4n) is 2.50. The topological polar surface area (TPSA) is 75.3 Å². The fourth-order valence-corrected chi connectivity index (χ4v) is 3.79. The highest BCUT2D eigenvalue weighted by atomic mass is 35.5. The lowest BCUT2D eigenvalue weighted by Crippen LogP contribution is -2.41. The molecule has 0 aliphatic rings. The van der Waals surface area contributed by atoms with Gasteiger partial charge in [-0.25, -0.2) is 12.8 Å². The van der Waals surface area contributed by atoms with Crippen LogP contribution in [0.25, 0.3) is 0 Å². The second kappa shape index (κ2) is 8.50. The smallest absolute Gasteiger partial charge is 0.324 e. The molecule has 0 bridgehead atoms. The van der Waals surface area contributed by atoms with Crippen LogP contribution in [0, 0.1) is 5.82 Å². The van der Waals surface area contributed by atoms with E-state index in [0.717, 1.165) is 12.1 Å². The summed E-state index contributed by atoms with van der Waals surface area (Å²) in [6.45, 7) is 3.16. The van der Waals surface area contributed by atoms with Crippen molar-refractivity contribution in [3.63, 3.8) is 0 Å². The number of para-hydroxylation sites is 1. The van der Waals surface area contributed by atoms with E-state index in [1.807, 2.05) is 0 Å². The average Bonchev–Trinajstić information content (AvgIpc) is 2.60. The van der Waals surface area contributed by atoms with Crippen LogP contribution in [0.5, 0.6) is 0 Å². The summed E-state index contributed by atoms with van der Waals surface area (Å²) < 4.78 is 62.3. The highest BCUT2D eigenvalue weighted by Gasteiger charge is 2.30. The number of rotatable bonds is 7. The fraction of sp³-hybridized carbons (Fsp3) is 0.278. The number of carbonyl (C=O) groups excluding carboxylic acids is 1. The summed E-state index contributed by atoms with van der Waals surface area (Å²) in [5.74, 6) is -4.76. The highest BCUT2D eigenvalue weighted by molar-refractivity contribution is 7.91. The highest BCUT2D eigenvalue weighted by Crippen LogP contribution is 2.29. The molecule has 0 heterocycles. The number of hydrogen-bond donors (Lipinski definition) is 2. The number of benzene rings is 2. The SMILES string of the molecule is CC(C)(NCC(=O)Nc1ccccc1S(=O)(=O)C(F)F)c1ccc(F)cc1Cl. The molecule has 2 aromatic rings. The molecule has 10 heteroatoms. The van der Waals surface area contributed by atoms with Gasteiger partial charge >= 0.3 is 5.76 Å². The molecule has 0 aliphatic heterocycles. The van der Waals surface area contributed by atoms with Crippen LogP contribution in [0.2, 0.25) is 5.02 Å². The van der Waals surface area contributed by atoms with Crippen molar-refractivity contribution in [2.75, 3.05) is 11.9 Å². The number of sulfone groups is 1. The lowest BCUT2D eigenvalue weighted by atomic mass is 9.94. The van der Waals surface area contributed by atoms with E-state index in [4.69, 9.17) is 11.6 Å². The summed E-state index contributed by atoms with van der Waals surface area (Å²) in [4.78, 5) is 11.6. The molecular formula is C18H18ClF3N2O3S. The van der Waals surface area contributed by atoms with E-state index in [0.29, 0.717) is 5.56 Å². The van der Waals surface area contributed by atoms with Crippen molar-refractivity contribution in [1.29, 1.82) is 0 Å². The molecule has 152 valence electrons. The molecular weight excluding hydrogens is 417 g/mol. The zero-order valence-corrected chi connectivity index (χ0v) is 16.5. The monoisotopic (exact) mass is 434 g/mol. The molecule has 0 fully saturated rings. The van der Waals surface area contributed by atoms with Crippen LogP contribution in [0.3, 0.4) is 0 Å². The van der Waals surface area contributed by atoms with Crippen molar-refractivity contribution in [1.82, 2.24) is 5.32 Å². The van der Waals surface area contributed by atoms with Gasteiger partial charge in [0.15, 0.2) is 0 Å². The maximum Gasteiger partial charge on any atom is 0.341 e. The van der Waals surface area contributed by atoms with Gasteiger partial charge in [-0.05, 0) is 43.7 Å². The van der Waals surface area contributed by atoms with Crippen molar-refractivity contribution < 1.29 is 26.4 Å². The number of anilines is 1. The number of hydrogen-bond acceptors (Lipinski definition) is 4. The Bertz CT molecular complexity index is 982. The van der Waals surface area contributed by atoms with E-state index in [-0.39, 0.29) is 17.3 Å². The maximum atomic E-state index is 13.2. The molecule has 0 aliphatic carbocycles. The van der Waals surface area contributed by atoms with E-state index in [9.17, 15) is 26.4 Å². The minimum atomic E-state index is -4.87. The quantitative estimate of drug-likeness (QED) is 0.692. The number of carbonyl (C=O) groups is 1. The molecule has 1 amide bonds. The van der Waals surface area contributed by atoms with Crippen molar-refractivity contribution in [3.8, 4) is 0 Å². The van der Waals surface area contributed by atoms with Gasteiger partial charge in [0, 0.05) is 10.6 Å². The van der Waals surface area contributed by atoms with Gasteiger partial charge in [0.1, 0.15) is 5.82 Å². The van der Waals surface area contributed by atoms with Crippen LogP contribution < -0.4 is 10.6 Å². The second-order valence-electron chi connectivity index (χ2n) is 6.45. The zero-order chi connectivity index (χ0) is 21.1. The summed E-state index contributed by atoms with van der Waals surface area (Å²) >= 11 is 6.04. The van der Waals surface area contributed by atoms with Gasteiger partial charge in [-0.2, -0.15) is 8.78 Å². The largest absolute Gasteiger partial charge is 0.341 e. The number of amides is 1. The number of alkyl halides is 2. The third kappa shape index (κ3) is 5.03. The molecule has 0 saturated carbocycles. The van der Waals surface area contributed by atoms with E-state index in [2.05, 4.69) is 10.6 Å². The standard InChI is InChI=1S/C18H18ClF3N2O3S/c1-18(2,12-8-7-11(20)9-13(12)19)23-10-16(25)24-14-5-3-4-6-15(14)28(26,27)17(21)22/h3-9,17,23H,10H2,1-2H3,(H,24,25). The first kappa shape index (κ1) is 22.2. The molecule has 0 atom stereocenters. The minimum absolute atomic E-state index is 0.172. The summed E-state index contributed by atoms with van der Waals surface area (Å²) in [7, 11) is -4.87. The van der Waals surface area contributed by atoms with Crippen molar-refractivity contribution in [2.45, 2.75) is 30.0 Å². The van der Waals surface area contributed by atoms with Crippen LogP contribution in [0.1, 0.15) is 19.4 Å². The predicted molar refractivity (Wildman–Crippen MR) is 101 cm³/mol. The molecule has 0 aromatic heterocycles. The van der Waals surface area contributed by atoms with Gasteiger partial charge in [0.05, 0.1) is 17.1 Å². The summed E-state index contributed by atoms with van der Waals surface area (Å²) in [5, 5.41) is 5.40. The Balaban J connectivity index is 2.13. The third-order valence-corrected chi connectivity index (χ3v) is 5.75. The molecule has 0 radical (unpaired) electrons. The van der Waals surface area contributed by atoms with Gasteiger partial charge in [-0.15, -0.1) is 0 Å². The Hall–Kier alpha value is -2.10. The minimum Gasteiger partial charge on any atom is -0.324 e. The first-order chi connectivity index (χ1) is 12.9. The van der Waals surface area contributed by atoms with Crippen LogP contribution in [0.15, 0.2) is 47.4 Å². The third-order valence-electron chi connectivity index (χ3n) is 4.00. The summed E-state index contributed by atoms with van der Waals surface area (Å²) in [6, 6.07) is 8.76. The Morgan fingerprint density at radius 3 is 2.43 bits per heavy atom. The van der Waals surface area contributed by atoms with Crippen LogP contribution in [0.4, 0.5) is 18.9 Å². The van der Waals surface area contributed by atoms with Gasteiger partial charge in [-0.3, -0.25) is 10.1 Å². The molecule has 0 unspecified atom stereocenters. The molecule has 0 saturated heterocycles. The van der Waals surface area contributed by atoms with Gasteiger partial charge in [0.25, 0.3) is 0 Å². The average molecular weight is 435 g/mol. The van der Waals surface area contributed by atoms with E-state index in [1.54, 1.807) is 13.8 Å². The molecule has 2 rings (SSSR count). The second-order valence-corrected chi connectivity index (χ2v) is 8.75. The maximum absolute atomic E-state index is 13.2. The van der Waals surface area contributed by atoms with Crippen molar-refractivity contribution in [3.05, 3.63) is 58.9 Å².